The molecule has 0 spiro atoms. The number of aryl methyl sites for hydroxylation is 2. The second-order valence-corrected chi connectivity index (χ2v) is 8.93. The van der Waals surface area contributed by atoms with Crippen molar-refractivity contribution in [2.75, 3.05) is 26.7 Å². The van der Waals surface area contributed by atoms with Crippen molar-refractivity contribution >= 4 is 11.8 Å². The maximum Gasteiger partial charge on any atom is 0.257 e. The quantitative estimate of drug-likeness (QED) is 0.654. The predicted molar refractivity (Wildman–Crippen MR) is 126 cm³/mol. The molecule has 1 atom stereocenters. The molecule has 0 saturated carbocycles. The van der Waals surface area contributed by atoms with Crippen molar-refractivity contribution in [3.8, 4) is 5.75 Å². The highest BCUT2D eigenvalue weighted by atomic mass is 16.5. The Labute approximate surface area is 195 Å². The first kappa shape index (κ1) is 23.0. The van der Waals surface area contributed by atoms with Crippen LogP contribution in [0.3, 0.4) is 0 Å². The summed E-state index contributed by atoms with van der Waals surface area (Å²) in [5, 5.41) is 0. The van der Waals surface area contributed by atoms with Gasteiger partial charge in [0.25, 0.3) is 5.91 Å². The Morgan fingerprint density at radius 2 is 1.97 bits per heavy atom. The first-order valence-electron chi connectivity index (χ1n) is 11.6. The third kappa shape index (κ3) is 5.24. The predicted octanol–water partition coefficient (Wildman–Crippen LogP) is 3.56. The summed E-state index contributed by atoms with van der Waals surface area (Å²) < 4.78 is 5.33. The van der Waals surface area contributed by atoms with Crippen molar-refractivity contribution in [3.63, 3.8) is 0 Å². The van der Waals surface area contributed by atoms with Crippen molar-refractivity contribution < 1.29 is 14.3 Å². The second kappa shape index (κ2) is 10.1. The number of ether oxygens (including phenoxy) is 1. The SMILES string of the molecule is COc1cccc(CN2CC=CC[C@H](C3CCN(C(=O)c4cnc(C)nc4C)CC3)C2=O)c1. The van der Waals surface area contributed by atoms with E-state index in [2.05, 4.69) is 22.1 Å². The zero-order chi connectivity index (χ0) is 23.4. The maximum absolute atomic E-state index is 13.5. The molecule has 0 radical (unpaired) electrons. The van der Waals surface area contributed by atoms with Crippen LogP contribution in [0.5, 0.6) is 5.75 Å². The Morgan fingerprint density at radius 3 is 2.70 bits per heavy atom. The molecule has 1 aromatic heterocycles. The van der Waals surface area contributed by atoms with Gasteiger partial charge in [-0.1, -0.05) is 24.3 Å². The number of aromatic nitrogens is 2. The first-order valence-corrected chi connectivity index (χ1v) is 11.6. The summed E-state index contributed by atoms with van der Waals surface area (Å²) >= 11 is 0. The molecule has 2 aliphatic rings. The molecular weight excluding hydrogens is 416 g/mol. The molecule has 0 N–H and O–H groups in total. The van der Waals surface area contributed by atoms with E-state index >= 15 is 0 Å². The summed E-state index contributed by atoms with van der Waals surface area (Å²) in [5.41, 5.74) is 2.34. The van der Waals surface area contributed by atoms with Gasteiger partial charge in [0, 0.05) is 38.3 Å². The number of carbonyl (C=O) groups excluding carboxylic acids is 2. The van der Waals surface area contributed by atoms with Crippen LogP contribution in [0.15, 0.2) is 42.6 Å². The first-order chi connectivity index (χ1) is 16.0. The van der Waals surface area contributed by atoms with Crippen LogP contribution in [0.25, 0.3) is 0 Å². The van der Waals surface area contributed by atoms with Crippen LogP contribution in [-0.4, -0.2) is 58.3 Å². The van der Waals surface area contributed by atoms with Crippen molar-refractivity contribution in [2.45, 2.75) is 39.7 Å². The number of allylic oxidation sites excluding steroid dienone is 1. The number of likely N-dealkylation sites (tertiary alicyclic amines) is 1. The zero-order valence-corrected chi connectivity index (χ0v) is 19.7. The lowest BCUT2D eigenvalue weighted by atomic mass is 9.81. The van der Waals surface area contributed by atoms with Gasteiger partial charge < -0.3 is 14.5 Å². The largest absolute Gasteiger partial charge is 0.497 e. The normalized spacial score (nSPS) is 19.5. The lowest BCUT2D eigenvalue weighted by molar-refractivity contribution is -0.137. The van der Waals surface area contributed by atoms with Gasteiger partial charge >= 0.3 is 0 Å². The van der Waals surface area contributed by atoms with Crippen molar-refractivity contribution in [3.05, 3.63) is 65.3 Å². The van der Waals surface area contributed by atoms with Crippen LogP contribution in [0, 0.1) is 25.7 Å². The fraction of sp³-hybridized carbons (Fsp3) is 0.462. The van der Waals surface area contributed by atoms with E-state index in [1.807, 2.05) is 47.9 Å². The Bertz CT molecular complexity index is 1040. The van der Waals surface area contributed by atoms with E-state index in [1.165, 1.54) is 0 Å². The monoisotopic (exact) mass is 448 g/mol. The van der Waals surface area contributed by atoms with Crippen molar-refractivity contribution in [1.82, 2.24) is 19.8 Å². The van der Waals surface area contributed by atoms with E-state index in [9.17, 15) is 9.59 Å². The van der Waals surface area contributed by atoms with E-state index < -0.39 is 0 Å². The molecule has 0 aliphatic carbocycles. The molecule has 7 heteroatoms. The van der Waals surface area contributed by atoms with E-state index in [-0.39, 0.29) is 23.7 Å². The molecule has 3 heterocycles. The van der Waals surface area contributed by atoms with E-state index in [4.69, 9.17) is 4.74 Å². The highest BCUT2D eigenvalue weighted by molar-refractivity contribution is 5.95. The summed E-state index contributed by atoms with van der Waals surface area (Å²) in [5.74, 6) is 1.88. The number of amides is 2. The van der Waals surface area contributed by atoms with Gasteiger partial charge in [-0.15, -0.1) is 0 Å². The second-order valence-electron chi connectivity index (χ2n) is 8.93. The highest BCUT2D eigenvalue weighted by Crippen LogP contribution is 2.32. The summed E-state index contributed by atoms with van der Waals surface area (Å²) in [7, 11) is 1.65. The van der Waals surface area contributed by atoms with Crippen LogP contribution in [-0.2, 0) is 11.3 Å². The highest BCUT2D eigenvalue weighted by Gasteiger charge is 2.35. The number of nitrogens with zero attached hydrogens (tertiary/aromatic N) is 4. The molecule has 1 saturated heterocycles. The Balaban J connectivity index is 1.40. The lowest BCUT2D eigenvalue weighted by Gasteiger charge is -2.36. The molecule has 0 unspecified atom stereocenters. The summed E-state index contributed by atoms with van der Waals surface area (Å²) in [6, 6.07) is 7.88. The van der Waals surface area contributed by atoms with Gasteiger partial charge in [0.15, 0.2) is 0 Å². The molecule has 33 heavy (non-hydrogen) atoms. The van der Waals surface area contributed by atoms with Gasteiger partial charge in [0.2, 0.25) is 5.91 Å². The topological polar surface area (TPSA) is 75.6 Å². The standard InChI is InChI=1S/C26H32N4O3/c1-18-24(16-27-19(2)28-18)26(32)29-13-10-21(11-14-29)23-9-4-5-12-30(25(23)31)17-20-7-6-8-22(15-20)33-3/h4-8,15-16,21,23H,9-14,17H2,1-3H3/t23-/m1/s1. The van der Waals surface area contributed by atoms with Gasteiger partial charge in [0.05, 0.1) is 18.4 Å². The molecule has 7 nitrogen and oxygen atoms in total. The van der Waals surface area contributed by atoms with Gasteiger partial charge in [-0.2, -0.15) is 0 Å². The minimum atomic E-state index is -0.0453. The van der Waals surface area contributed by atoms with Crippen LogP contribution in [0.2, 0.25) is 0 Å². The Morgan fingerprint density at radius 1 is 1.18 bits per heavy atom. The molecule has 174 valence electrons. The molecule has 0 bridgehead atoms. The van der Waals surface area contributed by atoms with Gasteiger partial charge in [-0.05, 0) is 56.7 Å². The molecule has 2 aromatic rings. The average molecular weight is 449 g/mol. The van der Waals surface area contributed by atoms with Crippen LogP contribution >= 0.6 is 0 Å². The third-order valence-corrected chi connectivity index (χ3v) is 6.74. The summed E-state index contributed by atoms with van der Waals surface area (Å²) in [6.07, 6.45) is 8.28. The molecular formula is C26H32N4O3. The van der Waals surface area contributed by atoms with E-state index in [0.717, 1.165) is 30.6 Å². The molecule has 1 fully saturated rings. The number of carbonyl (C=O) groups is 2. The van der Waals surface area contributed by atoms with Gasteiger partial charge in [-0.3, -0.25) is 9.59 Å². The van der Waals surface area contributed by atoms with E-state index in [0.29, 0.717) is 43.3 Å². The Kier molecular flexibility index (Phi) is 7.06. The molecule has 2 amide bonds. The van der Waals surface area contributed by atoms with Crippen LogP contribution in [0.4, 0.5) is 0 Å². The van der Waals surface area contributed by atoms with E-state index in [1.54, 1.807) is 13.3 Å². The molecule has 4 rings (SSSR count). The van der Waals surface area contributed by atoms with Gasteiger partial charge in [-0.25, -0.2) is 9.97 Å². The number of benzene rings is 1. The smallest absolute Gasteiger partial charge is 0.257 e. The third-order valence-electron chi connectivity index (χ3n) is 6.74. The van der Waals surface area contributed by atoms with Gasteiger partial charge in [0.1, 0.15) is 11.6 Å². The van der Waals surface area contributed by atoms with Crippen LogP contribution < -0.4 is 4.74 Å². The minimum absolute atomic E-state index is 0.0160. The number of hydrogen-bond acceptors (Lipinski definition) is 5. The molecule has 2 aliphatic heterocycles. The summed E-state index contributed by atoms with van der Waals surface area (Å²) in [6.45, 7) is 6.17. The van der Waals surface area contributed by atoms with Crippen LogP contribution in [0.1, 0.15) is 46.7 Å². The zero-order valence-electron chi connectivity index (χ0n) is 19.7. The fourth-order valence-corrected chi connectivity index (χ4v) is 4.87. The summed E-state index contributed by atoms with van der Waals surface area (Å²) in [4.78, 5) is 38.8. The lowest BCUT2D eigenvalue weighted by Crippen LogP contribution is -2.44. The van der Waals surface area contributed by atoms with Crippen molar-refractivity contribution in [2.24, 2.45) is 11.8 Å². The van der Waals surface area contributed by atoms with Crippen molar-refractivity contribution in [1.29, 1.82) is 0 Å². The Hall–Kier alpha value is -3.22. The number of hydrogen-bond donors (Lipinski definition) is 0. The number of rotatable bonds is 5. The average Bonchev–Trinajstić information content (AvgIpc) is 3.00. The molecule has 1 aromatic carbocycles. The number of piperidine rings is 1. The fourth-order valence-electron chi connectivity index (χ4n) is 4.87. The maximum atomic E-state index is 13.5. The number of methoxy groups -OCH3 is 1. The minimum Gasteiger partial charge on any atom is -0.497 e.